The lowest BCUT2D eigenvalue weighted by atomic mass is 10.0. The summed E-state index contributed by atoms with van der Waals surface area (Å²) in [5.41, 5.74) is 1.85. The summed E-state index contributed by atoms with van der Waals surface area (Å²) >= 11 is 0. The second kappa shape index (κ2) is 9.64. The Labute approximate surface area is 150 Å². The molecule has 2 amide bonds. The Morgan fingerprint density at radius 3 is 2.42 bits per heavy atom. The predicted octanol–water partition coefficient (Wildman–Crippen LogP) is 2.95. The highest BCUT2D eigenvalue weighted by atomic mass is 35.5. The molecule has 1 fully saturated rings. The first kappa shape index (κ1) is 20.5. The van der Waals surface area contributed by atoms with Crippen molar-refractivity contribution in [1.29, 1.82) is 0 Å². The molecule has 24 heavy (non-hydrogen) atoms. The van der Waals surface area contributed by atoms with E-state index in [-0.39, 0.29) is 36.3 Å². The minimum absolute atomic E-state index is 0. The summed E-state index contributed by atoms with van der Waals surface area (Å²) in [4.78, 5) is 25.6. The lowest BCUT2D eigenvalue weighted by Crippen LogP contribution is -2.43. The van der Waals surface area contributed by atoms with Gasteiger partial charge in [0, 0.05) is 25.2 Å². The van der Waals surface area contributed by atoms with Crippen molar-refractivity contribution in [2.24, 2.45) is 0 Å². The van der Waals surface area contributed by atoms with Crippen molar-refractivity contribution in [2.75, 3.05) is 11.9 Å². The van der Waals surface area contributed by atoms with E-state index in [1.165, 1.54) is 0 Å². The van der Waals surface area contributed by atoms with Gasteiger partial charge in [-0.3, -0.25) is 9.59 Å². The number of nitrogens with zero attached hydrogens (tertiary/aromatic N) is 1. The normalized spacial score (nSPS) is 17.1. The Bertz CT molecular complexity index is 540. The maximum absolute atomic E-state index is 12.2. The van der Waals surface area contributed by atoms with Crippen molar-refractivity contribution < 1.29 is 9.59 Å². The van der Waals surface area contributed by atoms with Crippen molar-refractivity contribution in [3.63, 3.8) is 0 Å². The second-order valence-corrected chi connectivity index (χ2v) is 6.43. The first-order valence-corrected chi connectivity index (χ1v) is 8.38. The lowest BCUT2D eigenvalue weighted by Gasteiger charge is -2.25. The van der Waals surface area contributed by atoms with Crippen LogP contribution in [0.5, 0.6) is 0 Å². The van der Waals surface area contributed by atoms with E-state index in [4.69, 9.17) is 0 Å². The Morgan fingerprint density at radius 2 is 1.92 bits per heavy atom. The molecule has 0 spiro atoms. The van der Waals surface area contributed by atoms with Gasteiger partial charge < -0.3 is 15.5 Å². The average Bonchev–Trinajstić information content (AvgIpc) is 2.54. The van der Waals surface area contributed by atoms with Crippen LogP contribution in [0.1, 0.15) is 45.6 Å². The summed E-state index contributed by atoms with van der Waals surface area (Å²) in [6.07, 6.45) is 3.13. The monoisotopic (exact) mass is 353 g/mol. The highest BCUT2D eigenvalue weighted by Crippen LogP contribution is 2.15. The summed E-state index contributed by atoms with van der Waals surface area (Å²) in [6, 6.07) is 7.80. The second-order valence-electron chi connectivity index (χ2n) is 6.43. The number of halogens is 1. The summed E-state index contributed by atoms with van der Waals surface area (Å²) in [5.74, 6) is 0.103. The van der Waals surface area contributed by atoms with Crippen LogP contribution >= 0.6 is 12.4 Å². The maximum atomic E-state index is 12.2. The molecule has 1 aliphatic heterocycles. The van der Waals surface area contributed by atoms with Crippen LogP contribution in [0.2, 0.25) is 0 Å². The Kier molecular flexibility index (Phi) is 8.22. The molecule has 0 aromatic heterocycles. The van der Waals surface area contributed by atoms with Crippen LogP contribution in [0.25, 0.3) is 0 Å². The molecule has 0 radical (unpaired) electrons. The minimum Gasteiger partial charge on any atom is -0.336 e. The number of carbonyl (C=O) groups is 2. The van der Waals surface area contributed by atoms with Gasteiger partial charge in [0.25, 0.3) is 0 Å². The van der Waals surface area contributed by atoms with Crippen molar-refractivity contribution in [1.82, 2.24) is 10.2 Å². The van der Waals surface area contributed by atoms with Gasteiger partial charge in [0.05, 0.1) is 6.04 Å². The fraction of sp³-hybridized carbons (Fsp3) is 0.556. The average molecular weight is 354 g/mol. The zero-order valence-corrected chi connectivity index (χ0v) is 15.5. The molecule has 1 aromatic rings. The third-order valence-electron chi connectivity index (χ3n) is 4.23. The lowest BCUT2D eigenvalue weighted by molar-refractivity contribution is -0.131. The molecule has 5 nitrogen and oxygen atoms in total. The molecule has 1 aliphatic rings. The fourth-order valence-electron chi connectivity index (χ4n) is 2.85. The van der Waals surface area contributed by atoms with Crippen LogP contribution in [-0.4, -0.2) is 35.3 Å². The van der Waals surface area contributed by atoms with Crippen LogP contribution in [0, 0.1) is 0 Å². The van der Waals surface area contributed by atoms with Crippen LogP contribution in [0.3, 0.4) is 0 Å². The molecule has 6 heteroatoms. The van der Waals surface area contributed by atoms with Gasteiger partial charge in [-0.2, -0.15) is 0 Å². The number of hydrogen-bond donors (Lipinski definition) is 2. The predicted molar refractivity (Wildman–Crippen MR) is 99.3 cm³/mol. The van der Waals surface area contributed by atoms with Gasteiger partial charge in [-0.25, -0.2) is 0 Å². The Morgan fingerprint density at radius 1 is 1.25 bits per heavy atom. The highest BCUT2D eigenvalue weighted by molar-refractivity contribution is 5.94. The van der Waals surface area contributed by atoms with E-state index in [1.54, 1.807) is 6.92 Å². The van der Waals surface area contributed by atoms with Crippen molar-refractivity contribution in [3.8, 4) is 0 Å². The first-order valence-electron chi connectivity index (χ1n) is 8.38. The molecular weight excluding hydrogens is 326 g/mol. The SMILES string of the molecule is CC(=O)N(Cc1ccc(NC(=O)C2CCCCN2)cc1)C(C)C.Cl. The van der Waals surface area contributed by atoms with Crippen molar-refractivity contribution in [3.05, 3.63) is 29.8 Å². The molecule has 1 heterocycles. The molecular formula is C18H28ClN3O2. The van der Waals surface area contributed by atoms with E-state index in [1.807, 2.05) is 43.0 Å². The summed E-state index contributed by atoms with van der Waals surface area (Å²) in [6.45, 7) is 7.10. The molecule has 1 unspecified atom stereocenters. The van der Waals surface area contributed by atoms with E-state index >= 15 is 0 Å². The van der Waals surface area contributed by atoms with Gasteiger partial charge in [0.15, 0.2) is 0 Å². The first-order chi connectivity index (χ1) is 11.0. The van der Waals surface area contributed by atoms with Crippen LogP contribution in [0.4, 0.5) is 5.69 Å². The zero-order valence-electron chi connectivity index (χ0n) is 14.7. The number of piperidine rings is 1. The molecule has 1 aromatic carbocycles. The molecule has 1 saturated heterocycles. The summed E-state index contributed by atoms with van der Waals surface area (Å²) in [5, 5.41) is 6.20. The molecule has 1 atom stereocenters. The number of hydrogen-bond acceptors (Lipinski definition) is 3. The maximum Gasteiger partial charge on any atom is 0.241 e. The minimum atomic E-state index is -0.0856. The molecule has 2 N–H and O–H groups in total. The number of benzene rings is 1. The smallest absolute Gasteiger partial charge is 0.241 e. The van der Waals surface area contributed by atoms with E-state index in [2.05, 4.69) is 10.6 Å². The number of amides is 2. The van der Waals surface area contributed by atoms with Crippen LogP contribution in [0.15, 0.2) is 24.3 Å². The van der Waals surface area contributed by atoms with Gasteiger partial charge in [0.1, 0.15) is 0 Å². The van der Waals surface area contributed by atoms with E-state index in [0.29, 0.717) is 6.54 Å². The molecule has 0 saturated carbocycles. The largest absolute Gasteiger partial charge is 0.336 e. The van der Waals surface area contributed by atoms with Crippen molar-refractivity contribution in [2.45, 2.75) is 58.7 Å². The third-order valence-corrected chi connectivity index (χ3v) is 4.23. The summed E-state index contributed by atoms with van der Waals surface area (Å²) in [7, 11) is 0. The van der Waals surface area contributed by atoms with Gasteiger partial charge in [-0.15, -0.1) is 12.4 Å². The fourth-order valence-corrected chi connectivity index (χ4v) is 2.85. The standard InChI is InChI=1S/C18H27N3O2.ClH/c1-13(2)21(14(3)22)12-15-7-9-16(10-8-15)20-18(23)17-6-4-5-11-19-17;/h7-10,13,17,19H,4-6,11-12H2,1-3H3,(H,20,23);1H. The van der Waals surface area contributed by atoms with Gasteiger partial charge in [-0.05, 0) is 50.9 Å². The van der Waals surface area contributed by atoms with E-state index in [0.717, 1.165) is 37.1 Å². The quantitative estimate of drug-likeness (QED) is 0.855. The summed E-state index contributed by atoms with van der Waals surface area (Å²) < 4.78 is 0. The Balaban J connectivity index is 0.00000288. The van der Waals surface area contributed by atoms with E-state index < -0.39 is 0 Å². The molecule has 0 aliphatic carbocycles. The van der Waals surface area contributed by atoms with Gasteiger partial charge in [0.2, 0.25) is 11.8 Å². The van der Waals surface area contributed by atoms with Crippen molar-refractivity contribution >= 4 is 29.9 Å². The number of anilines is 1. The van der Waals surface area contributed by atoms with E-state index in [9.17, 15) is 9.59 Å². The Hall–Kier alpha value is -1.59. The highest BCUT2D eigenvalue weighted by Gasteiger charge is 2.20. The molecule has 134 valence electrons. The molecule has 2 rings (SSSR count). The van der Waals surface area contributed by atoms with Gasteiger partial charge >= 0.3 is 0 Å². The third kappa shape index (κ3) is 5.80. The number of rotatable bonds is 5. The number of carbonyl (C=O) groups excluding carboxylic acids is 2. The topological polar surface area (TPSA) is 61.4 Å². The van der Waals surface area contributed by atoms with Crippen LogP contribution < -0.4 is 10.6 Å². The van der Waals surface area contributed by atoms with Gasteiger partial charge in [-0.1, -0.05) is 18.6 Å². The van der Waals surface area contributed by atoms with Crippen LogP contribution in [-0.2, 0) is 16.1 Å². The molecule has 0 bridgehead atoms. The zero-order chi connectivity index (χ0) is 16.8. The number of nitrogens with one attached hydrogen (secondary N) is 2.